The molecule has 5 aromatic rings. The number of nitrogens with zero attached hydrogens (tertiary/aromatic N) is 7. The van der Waals surface area contributed by atoms with Gasteiger partial charge >= 0.3 is 0 Å². The fourth-order valence-corrected chi connectivity index (χ4v) is 5.35. The van der Waals surface area contributed by atoms with Crippen molar-refractivity contribution in [2.24, 2.45) is 7.05 Å². The highest BCUT2D eigenvalue weighted by Crippen LogP contribution is 2.34. The predicted molar refractivity (Wildman–Crippen MR) is 142 cm³/mol. The lowest BCUT2D eigenvalue weighted by Crippen LogP contribution is -2.61. The van der Waals surface area contributed by atoms with E-state index in [1.165, 1.54) is 12.7 Å². The molecule has 1 unspecified atom stereocenters. The number of fused-ring (bicyclic) bond motifs is 5. The maximum atomic E-state index is 15.5. The number of imidazole rings is 1. The third kappa shape index (κ3) is 3.86. The van der Waals surface area contributed by atoms with Crippen LogP contribution in [0.5, 0.6) is 11.5 Å². The van der Waals surface area contributed by atoms with E-state index in [0.717, 1.165) is 31.0 Å². The molecule has 1 aromatic carbocycles. The molecule has 0 radical (unpaired) electrons. The van der Waals surface area contributed by atoms with Crippen molar-refractivity contribution in [1.82, 2.24) is 34.8 Å². The van der Waals surface area contributed by atoms with Gasteiger partial charge in [-0.3, -0.25) is 0 Å². The van der Waals surface area contributed by atoms with Crippen LogP contribution in [0.25, 0.3) is 22.2 Å². The minimum atomic E-state index is -0.434. The van der Waals surface area contributed by atoms with Crippen LogP contribution in [-0.2, 0) is 7.05 Å². The number of pyridine rings is 2. The van der Waals surface area contributed by atoms with Crippen LogP contribution >= 0.6 is 0 Å². The summed E-state index contributed by atoms with van der Waals surface area (Å²) in [5, 5.41) is 6.71. The summed E-state index contributed by atoms with van der Waals surface area (Å²) in [4.78, 5) is 24.7. The number of nitrogens with one attached hydrogen (secondary N) is 2. The van der Waals surface area contributed by atoms with Crippen molar-refractivity contribution in [2.75, 3.05) is 23.3 Å². The minimum Gasteiger partial charge on any atom is -0.455 e. The van der Waals surface area contributed by atoms with E-state index < -0.39 is 5.82 Å². The molecule has 8 rings (SSSR count). The van der Waals surface area contributed by atoms with Gasteiger partial charge in [-0.15, -0.1) is 0 Å². The van der Waals surface area contributed by atoms with Gasteiger partial charge in [0.15, 0.2) is 17.3 Å². The van der Waals surface area contributed by atoms with Crippen LogP contribution < -0.4 is 20.3 Å². The van der Waals surface area contributed by atoms with E-state index in [1.807, 2.05) is 23.7 Å². The Hall–Kier alpha value is -4.38. The Balaban J connectivity index is 1.17. The summed E-state index contributed by atoms with van der Waals surface area (Å²) in [5.74, 6) is 1.79. The molecule has 3 saturated heterocycles. The topological polar surface area (TPSA) is 106 Å². The first-order chi connectivity index (χ1) is 18.5. The fraction of sp³-hybridized carbons (Fsp3) is 0.296. The zero-order valence-electron chi connectivity index (χ0n) is 21.0. The molecule has 3 aliphatic heterocycles. The summed E-state index contributed by atoms with van der Waals surface area (Å²) in [7, 11) is 1.88. The number of benzene rings is 1. The number of piperidine rings is 2. The van der Waals surface area contributed by atoms with Crippen molar-refractivity contribution < 1.29 is 9.13 Å². The fourth-order valence-electron chi connectivity index (χ4n) is 5.35. The van der Waals surface area contributed by atoms with Gasteiger partial charge in [-0.1, -0.05) is 0 Å². The average Bonchev–Trinajstić information content (AvgIpc) is 3.33. The second kappa shape index (κ2) is 8.88. The number of piperazine rings is 1. The van der Waals surface area contributed by atoms with Gasteiger partial charge in [0.05, 0.1) is 23.7 Å². The molecule has 2 N–H and O–H groups in total. The first-order valence-corrected chi connectivity index (χ1v) is 12.7. The summed E-state index contributed by atoms with van der Waals surface area (Å²) < 4.78 is 23.3. The zero-order valence-corrected chi connectivity index (χ0v) is 21.0. The van der Waals surface area contributed by atoms with Crippen LogP contribution in [0.1, 0.15) is 18.4 Å². The van der Waals surface area contributed by atoms with Crippen molar-refractivity contribution in [3.8, 4) is 11.5 Å². The Labute approximate surface area is 217 Å². The summed E-state index contributed by atoms with van der Waals surface area (Å²) in [6.07, 6.45) is 7.10. The molecule has 0 spiro atoms. The van der Waals surface area contributed by atoms with Crippen molar-refractivity contribution in [1.29, 1.82) is 0 Å². The Bertz CT molecular complexity index is 1680. The lowest BCUT2D eigenvalue weighted by atomic mass is 9.93. The van der Waals surface area contributed by atoms with Gasteiger partial charge in [-0.05, 0) is 44.0 Å². The van der Waals surface area contributed by atoms with Crippen LogP contribution in [-0.4, -0.2) is 54.7 Å². The summed E-state index contributed by atoms with van der Waals surface area (Å²) in [5.41, 5.74) is 3.39. The molecule has 11 heteroatoms. The van der Waals surface area contributed by atoms with Gasteiger partial charge in [0.1, 0.15) is 34.7 Å². The molecule has 10 nitrogen and oxygen atoms in total. The highest BCUT2D eigenvalue weighted by atomic mass is 19.1. The number of anilines is 3. The summed E-state index contributed by atoms with van der Waals surface area (Å²) in [6.45, 7) is 3.57. The number of hydrogen-bond acceptors (Lipinski definition) is 9. The van der Waals surface area contributed by atoms with E-state index in [2.05, 4.69) is 35.5 Å². The van der Waals surface area contributed by atoms with Crippen LogP contribution in [0.3, 0.4) is 0 Å². The molecular weight excluding hydrogens is 485 g/mol. The Kier molecular flexibility index (Phi) is 5.32. The second-order valence-corrected chi connectivity index (χ2v) is 9.89. The molecule has 0 amide bonds. The van der Waals surface area contributed by atoms with Crippen molar-refractivity contribution in [2.45, 2.75) is 31.8 Å². The summed E-state index contributed by atoms with van der Waals surface area (Å²) in [6, 6.07) is 10.0. The molecule has 0 aliphatic carbocycles. The van der Waals surface area contributed by atoms with Crippen molar-refractivity contribution in [3.05, 3.63) is 60.6 Å². The molecule has 3 aliphatic rings. The summed E-state index contributed by atoms with van der Waals surface area (Å²) >= 11 is 0. The molecule has 38 heavy (non-hydrogen) atoms. The number of hydrogen-bond donors (Lipinski definition) is 2. The molecule has 192 valence electrons. The van der Waals surface area contributed by atoms with E-state index in [-0.39, 0.29) is 5.69 Å². The number of ether oxygens (including phenoxy) is 1. The van der Waals surface area contributed by atoms with E-state index in [4.69, 9.17) is 9.72 Å². The number of aromatic nitrogens is 6. The van der Waals surface area contributed by atoms with Crippen LogP contribution in [0.4, 0.5) is 21.7 Å². The Morgan fingerprint density at radius 3 is 2.82 bits per heavy atom. The van der Waals surface area contributed by atoms with Gasteiger partial charge in [0.2, 0.25) is 0 Å². The largest absolute Gasteiger partial charge is 0.455 e. The lowest BCUT2D eigenvalue weighted by Gasteiger charge is -2.46. The maximum absolute atomic E-state index is 15.5. The monoisotopic (exact) mass is 511 g/mol. The normalized spacial score (nSPS) is 18.9. The molecule has 7 heterocycles. The maximum Gasteiger partial charge on any atom is 0.160 e. The molecule has 2 bridgehead atoms. The van der Waals surface area contributed by atoms with E-state index in [9.17, 15) is 0 Å². The lowest BCUT2D eigenvalue weighted by molar-refractivity contribution is 0.289. The third-order valence-corrected chi connectivity index (χ3v) is 7.45. The number of aryl methyl sites for hydroxylation is 1. The predicted octanol–water partition coefficient (Wildman–Crippen LogP) is 4.23. The SMILES string of the molecule is Cc1c(Oc2cnc3c(c2)ncn3C)ccc(Nc2ncnc3ccc(N4C[C@H]5CCC4CN5)nc23)c1F. The van der Waals surface area contributed by atoms with Crippen LogP contribution in [0.2, 0.25) is 0 Å². The van der Waals surface area contributed by atoms with Gasteiger partial charge in [-0.25, -0.2) is 29.3 Å². The second-order valence-electron chi connectivity index (χ2n) is 9.89. The highest BCUT2D eigenvalue weighted by molar-refractivity contribution is 5.88. The van der Waals surface area contributed by atoms with Gasteiger partial charge in [-0.2, -0.15) is 0 Å². The first-order valence-electron chi connectivity index (χ1n) is 12.7. The molecule has 0 saturated carbocycles. The van der Waals surface area contributed by atoms with Crippen molar-refractivity contribution in [3.63, 3.8) is 0 Å². The van der Waals surface area contributed by atoms with Gasteiger partial charge in [0, 0.05) is 43.9 Å². The Morgan fingerprint density at radius 1 is 1.08 bits per heavy atom. The molecule has 3 fully saturated rings. The third-order valence-electron chi connectivity index (χ3n) is 7.45. The van der Waals surface area contributed by atoms with E-state index >= 15 is 4.39 Å². The smallest absolute Gasteiger partial charge is 0.160 e. The molecule has 2 atom stereocenters. The van der Waals surface area contributed by atoms with Crippen molar-refractivity contribution >= 4 is 39.5 Å². The zero-order chi connectivity index (χ0) is 25.8. The molecule has 4 aromatic heterocycles. The minimum absolute atomic E-state index is 0.279. The van der Waals surface area contributed by atoms with Gasteiger partial charge < -0.3 is 24.8 Å². The standard InChI is InChI=1S/C27H26FN9O/c1-15-22(38-18-9-21-27(30-11-18)36(2)14-33-21)7-5-19(24(15)28)34-26-25-20(31-13-32-26)6-8-23(35-25)37-12-16-3-4-17(37)10-29-16/h5-9,11,13-14,16-17,29H,3-4,10,12H2,1-2H3,(H,31,32,34)/t16-,17?/m1/s1. The quantitative estimate of drug-likeness (QED) is 0.359. The number of rotatable bonds is 5. The first kappa shape index (κ1) is 22.8. The van der Waals surface area contributed by atoms with Crippen LogP contribution in [0, 0.1) is 12.7 Å². The van der Waals surface area contributed by atoms with Crippen LogP contribution in [0.15, 0.2) is 49.2 Å². The number of halogens is 1. The van der Waals surface area contributed by atoms with E-state index in [1.54, 1.807) is 37.6 Å². The Morgan fingerprint density at radius 2 is 2.00 bits per heavy atom. The highest BCUT2D eigenvalue weighted by Gasteiger charge is 2.34. The van der Waals surface area contributed by atoms with Gasteiger partial charge in [0.25, 0.3) is 0 Å². The van der Waals surface area contributed by atoms with E-state index in [0.29, 0.717) is 51.5 Å². The molecular formula is C27H26FN9O. The average molecular weight is 512 g/mol.